The number of aliphatic hydroxyl groups is 2. The van der Waals surface area contributed by atoms with Crippen LogP contribution < -0.4 is 0 Å². The number of unbranched alkanes of at least 4 members (excludes halogenated alkanes) is 29. The molecule has 0 aliphatic carbocycles. The summed E-state index contributed by atoms with van der Waals surface area (Å²) in [5, 5.41) is 31.4. The molecule has 412 valence electrons. The van der Waals surface area contributed by atoms with Gasteiger partial charge in [0.25, 0.3) is 0 Å². The van der Waals surface area contributed by atoms with Crippen molar-refractivity contribution < 1.29 is 58.2 Å². The molecular weight excluding hydrogens is 901 g/mol. The molecule has 0 aromatic heterocycles. The molecule has 1 aliphatic heterocycles. The molecule has 0 aromatic carbocycles. The number of carboxylic acids is 1. The fourth-order valence-electron chi connectivity index (χ4n) is 8.69. The van der Waals surface area contributed by atoms with E-state index in [0.29, 0.717) is 19.3 Å². The van der Waals surface area contributed by atoms with Gasteiger partial charge in [-0.1, -0.05) is 205 Å². The van der Waals surface area contributed by atoms with Crippen LogP contribution in [0.4, 0.5) is 0 Å². The van der Waals surface area contributed by atoms with Gasteiger partial charge in [0.1, 0.15) is 18.8 Å². The fourth-order valence-corrected chi connectivity index (χ4v) is 8.69. The molecule has 1 rings (SSSR count). The van der Waals surface area contributed by atoms with Crippen LogP contribution in [-0.4, -0.2) is 89.2 Å². The summed E-state index contributed by atoms with van der Waals surface area (Å²) < 4.78 is 28.3. The van der Waals surface area contributed by atoms with Crippen molar-refractivity contribution >= 4 is 23.9 Å². The molecule has 12 nitrogen and oxygen atoms in total. The minimum Gasteiger partial charge on any atom is -0.479 e. The zero-order valence-electron chi connectivity index (χ0n) is 45.2. The van der Waals surface area contributed by atoms with Crippen molar-refractivity contribution in [2.45, 2.75) is 302 Å². The van der Waals surface area contributed by atoms with E-state index < -0.39 is 67.3 Å². The number of aliphatic carboxylic acids is 1. The van der Waals surface area contributed by atoms with Crippen LogP contribution in [0.2, 0.25) is 0 Å². The number of ether oxygens (including phenoxy) is 5. The number of hydrogen-bond acceptors (Lipinski definition) is 11. The molecule has 1 aliphatic rings. The molecule has 1 fully saturated rings. The molecule has 71 heavy (non-hydrogen) atoms. The van der Waals surface area contributed by atoms with Crippen LogP contribution in [0.5, 0.6) is 0 Å². The lowest BCUT2D eigenvalue weighted by Gasteiger charge is -2.40. The van der Waals surface area contributed by atoms with Gasteiger partial charge in [-0.2, -0.15) is 0 Å². The molecule has 0 saturated carbocycles. The smallest absolute Gasteiger partial charge is 0.335 e. The van der Waals surface area contributed by atoms with Gasteiger partial charge < -0.3 is 39.0 Å². The van der Waals surface area contributed by atoms with E-state index in [1.807, 2.05) is 0 Å². The molecule has 1 heterocycles. The van der Waals surface area contributed by atoms with Crippen LogP contribution in [0.1, 0.15) is 265 Å². The zero-order chi connectivity index (χ0) is 51.8. The minimum atomic E-state index is -1.90. The molecule has 12 heteroatoms. The Hall–Kier alpha value is -3.06. The third-order valence-electron chi connectivity index (χ3n) is 13.2. The second-order valence-corrected chi connectivity index (χ2v) is 19.9. The van der Waals surface area contributed by atoms with E-state index in [2.05, 4.69) is 57.2 Å². The summed E-state index contributed by atoms with van der Waals surface area (Å²) in [4.78, 5) is 50.9. The van der Waals surface area contributed by atoms with Crippen molar-refractivity contribution in [3.05, 3.63) is 36.5 Å². The third kappa shape index (κ3) is 38.2. The number of esters is 3. The Labute approximate surface area is 431 Å². The van der Waals surface area contributed by atoms with E-state index in [1.165, 1.54) is 89.9 Å². The highest BCUT2D eigenvalue weighted by Crippen LogP contribution is 2.26. The van der Waals surface area contributed by atoms with E-state index in [4.69, 9.17) is 23.7 Å². The molecule has 0 spiro atoms. The number of carboxylic acid groups (broad SMARTS) is 1. The largest absolute Gasteiger partial charge is 0.479 e. The van der Waals surface area contributed by atoms with Gasteiger partial charge in [0.05, 0.1) is 6.61 Å². The van der Waals surface area contributed by atoms with Crippen LogP contribution in [0.15, 0.2) is 36.5 Å². The fraction of sp³-hybridized carbons (Fsp3) is 0.831. The van der Waals surface area contributed by atoms with E-state index >= 15 is 0 Å². The SMILES string of the molecule is CCCCC/C=C\C/C=C\CCCCCCCCCC(=O)OC1C(OCC(COC(=O)CCCCCCC/C=C\CCCCCCCC)OC(=O)CCCCCCCCCCC)OC(C(=O)O)C(O)C1O. The first kappa shape index (κ1) is 66.0. The molecule has 0 bridgehead atoms. The monoisotopic (exact) mass is 1000 g/mol. The average Bonchev–Trinajstić information content (AvgIpc) is 3.35. The number of rotatable bonds is 49. The Kier molecular flexibility index (Phi) is 44.5. The lowest BCUT2D eigenvalue weighted by atomic mass is 9.98. The molecule has 1 saturated heterocycles. The number of allylic oxidation sites excluding steroid dienone is 6. The van der Waals surface area contributed by atoms with Crippen LogP contribution in [0.3, 0.4) is 0 Å². The number of hydrogen-bond donors (Lipinski definition) is 3. The number of aliphatic hydroxyl groups excluding tert-OH is 2. The topological polar surface area (TPSA) is 175 Å². The summed E-state index contributed by atoms with van der Waals surface area (Å²) in [5.41, 5.74) is 0. The van der Waals surface area contributed by atoms with Crippen molar-refractivity contribution in [2.75, 3.05) is 13.2 Å². The molecule has 0 amide bonds. The first-order valence-corrected chi connectivity index (χ1v) is 29.0. The standard InChI is InChI=1S/C59H104O12/c1-4-7-10-13-16-19-21-23-25-26-28-30-32-35-38-41-44-47-53(62)70-57-55(64)54(63)56(58(65)66)71-59(57)68-49-50(69-52(61)46-43-40-37-33-18-15-12-9-6-3)48-67-51(60)45-42-39-36-34-31-29-27-24-22-20-17-14-11-8-5-2/h16,19,23-25,27,50,54-57,59,63-64H,4-15,17-18,20-22,26,28-49H2,1-3H3,(H,65,66)/b19-16-,25-23-,27-24-. The van der Waals surface area contributed by atoms with Crippen LogP contribution in [0, 0.1) is 0 Å². The highest BCUT2D eigenvalue weighted by Gasteiger charge is 2.50. The lowest BCUT2D eigenvalue weighted by molar-refractivity contribution is -0.301. The maximum absolute atomic E-state index is 13.0. The summed E-state index contributed by atoms with van der Waals surface area (Å²) in [7, 11) is 0. The van der Waals surface area contributed by atoms with Crippen molar-refractivity contribution in [1.29, 1.82) is 0 Å². The van der Waals surface area contributed by atoms with E-state index in [1.54, 1.807) is 0 Å². The predicted molar refractivity (Wildman–Crippen MR) is 285 cm³/mol. The Balaban J connectivity index is 2.66. The first-order chi connectivity index (χ1) is 34.6. The average molecular weight is 1010 g/mol. The molecular formula is C59H104O12. The van der Waals surface area contributed by atoms with Gasteiger partial charge in [-0.25, -0.2) is 4.79 Å². The van der Waals surface area contributed by atoms with E-state index in [-0.39, 0.29) is 25.9 Å². The van der Waals surface area contributed by atoms with Gasteiger partial charge in [-0.3, -0.25) is 14.4 Å². The van der Waals surface area contributed by atoms with Gasteiger partial charge in [-0.15, -0.1) is 0 Å². The normalized spacial score (nSPS) is 18.7. The Morgan fingerprint density at radius 1 is 0.465 bits per heavy atom. The van der Waals surface area contributed by atoms with Gasteiger partial charge in [0.2, 0.25) is 0 Å². The maximum Gasteiger partial charge on any atom is 0.335 e. The summed E-state index contributed by atoms with van der Waals surface area (Å²) in [6.45, 7) is 5.93. The highest BCUT2D eigenvalue weighted by molar-refractivity contribution is 5.74. The van der Waals surface area contributed by atoms with Crippen molar-refractivity contribution in [3.63, 3.8) is 0 Å². The molecule has 6 atom stereocenters. The Morgan fingerprint density at radius 2 is 0.845 bits per heavy atom. The summed E-state index contributed by atoms with van der Waals surface area (Å²) in [6, 6.07) is 0. The van der Waals surface area contributed by atoms with Gasteiger partial charge in [0.15, 0.2) is 24.6 Å². The van der Waals surface area contributed by atoms with Crippen LogP contribution in [0.25, 0.3) is 0 Å². The second-order valence-electron chi connectivity index (χ2n) is 19.9. The second kappa shape index (κ2) is 47.9. The number of carbonyl (C=O) groups excluding carboxylic acids is 3. The number of carbonyl (C=O) groups is 4. The Morgan fingerprint density at radius 3 is 1.31 bits per heavy atom. The van der Waals surface area contributed by atoms with Crippen molar-refractivity contribution in [2.24, 2.45) is 0 Å². The summed E-state index contributed by atoms with van der Waals surface area (Å²) in [5.74, 6) is -3.12. The maximum atomic E-state index is 13.0. The molecule has 6 unspecified atom stereocenters. The molecule has 3 N–H and O–H groups in total. The minimum absolute atomic E-state index is 0.0536. The molecule has 0 aromatic rings. The van der Waals surface area contributed by atoms with E-state index in [9.17, 15) is 34.5 Å². The summed E-state index contributed by atoms with van der Waals surface area (Å²) in [6.07, 6.45) is 42.7. The Bertz CT molecular complexity index is 1380. The zero-order valence-corrected chi connectivity index (χ0v) is 45.2. The molecule has 0 radical (unpaired) electrons. The quantitative estimate of drug-likeness (QED) is 0.0228. The van der Waals surface area contributed by atoms with Crippen molar-refractivity contribution in [3.8, 4) is 0 Å². The summed E-state index contributed by atoms with van der Waals surface area (Å²) >= 11 is 0. The third-order valence-corrected chi connectivity index (χ3v) is 13.2. The first-order valence-electron chi connectivity index (χ1n) is 29.0. The van der Waals surface area contributed by atoms with E-state index in [0.717, 1.165) is 116 Å². The van der Waals surface area contributed by atoms with Crippen LogP contribution >= 0.6 is 0 Å². The van der Waals surface area contributed by atoms with Crippen LogP contribution in [-0.2, 0) is 42.9 Å². The van der Waals surface area contributed by atoms with Gasteiger partial charge >= 0.3 is 23.9 Å². The predicted octanol–water partition coefficient (Wildman–Crippen LogP) is 14.5. The van der Waals surface area contributed by atoms with Gasteiger partial charge in [-0.05, 0) is 77.0 Å². The van der Waals surface area contributed by atoms with Gasteiger partial charge in [0, 0.05) is 19.3 Å². The van der Waals surface area contributed by atoms with Crippen molar-refractivity contribution in [1.82, 2.24) is 0 Å². The lowest BCUT2D eigenvalue weighted by Crippen LogP contribution is -2.61. The highest BCUT2D eigenvalue weighted by atomic mass is 16.7.